The second-order valence-corrected chi connectivity index (χ2v) is 6.57. The fourth-order valence-electron chi connectivity index (χ4n) is 2.86. The Balaban J connectivity index is 1.99. The van der Waals surface area contributed by atoms with Gasteiger partial charge in [-0.15, -0.1) is 0 Å². The van der Waals surface area contributed by atoms with Crippen molar-refractivity contribution in [2.75, 3.05) is 11.4 Å². The average molecular weight is 337 g/mol. The molecule has 1 aromatic carbocycles. The van der Waals surface area contributed by atoms with Crippen LogP contribution in [0.15, 0.2) is 16.6 Å². The molecule has 1 unspecified atom stereocenters. The van der Waals surface area contributed by atoms with Gasteiger partial charge in [0.05, 0.1) is 5.69 Å². The zero-order valence-corrected chi connectivity index (χ0v) is 13.2. The van der Waals surface area contributed by atoms with Crippen molar-refractivity contribution in [3.05, 3.63) is 27.7 Å². The zero-order valence-electron chi connectivity index (χ0n) is 11.6. The summed E-state index contributed by atoms with van der Waals surface area (Å²) in [7, 11) is 0. The van der Waals surface area contributed by atoms with Gasteiger partial charge in [-0.2, -0.15) is 0 Å². The van der Waals surface area contributed by atoms with E-state index in [0.717, 1.165) is 34.1 Å². The smallest absolute Gasteiger partial charge is 0.250 e. The Hall–Kier alpha value is -1.36. The number of nitrogens with zero attached hydrogens (tertiary/aromatic N) is 1. The topological polar surface area (TPSA) is 49.4 Å². The van der Waals surface area contributed by atoms with Crippen LogP contribution in [-0.4, -0.2) is 24.4 Å². The van der Waals surface area contributed by atoms with Crippen LogP contribution in [0.5, 0.6) is 0 Å². The molecule has 0 bridgehead atoms. The lowest BCUT2D eigenvalue weighted by Crippen LogP contribution is -2.59. The molecular weight excluding hydrogens is 320 g/mol. The van der Waals surface area contributed by atoms with Gasteiger partial charge in [0.25, 0.3) is 0 Å². The van der Waals surface area contributed by atoms with Crippen LogP contribution in [0.3, 0.4) is 0 Å². The molecule has 106 valence electrons. The Bertz CT molecular complexity index is 573. The number of halogens is 1. The summed E-state index contributed by atoms with van der Waals surface area (Å²) in [4.78, 5) is 26.2. The highest BCUT2D eigenvalue weighted by Crippen LogP contribution is 2.37. The standard InChI is InChI=1S/C15H17BrN2O2/c1-8-5-9(2)14(11(16)6-8)18-7-12(19)17-13(15(18)20)10-3-4-10/h5-6,10,13H,3-4,7H2,1-2H3,(H,17,19). The second-order valence-electron chi connectivity index (χ2n) is 5.72. The third-order valence-corrected chi connectivity index (χ3v) is 4.52. The lowest BCUT2D eigenvalue weighted by atomic mass is 10.0. The molecule has 2 aliphatic rings. The SMILES string of the molecule is Cc1cc(C)c(N2CC(=O)NC(C3CC3)C2=O)c(Br)c1. The summed E-state index contributed by atoms with van der Waals surface area (Å²) in [6, 6.07) is 3.67. The van der Waals surface area contributed by atoms with E-state index >= 15 is 0 Å². The summed E-state index contributed by atoms with van der Waals surface area (Å²) in [5.41, 5.74) is 2.96. The molecule has 0 radical (unpaired) electrons. The van der Waals surface area contributed by atoms with Crippen LogP contribution < -0.4 is 10.2 Å². The summed E-state index contributed by atoms with van der Waals surface area (Å²) in [5.74, 6) is 0.256. The number of hydrogen-bond acceptors (Lipinski definition) is 2. The van der Waals surface area contributed by atoms with Crippen LogP contribution in [0.4, 0.5) is 5.69 Å². The largest absolute Gasteiger partial charge is 0.342 e. The number of carbonyl (C=O) groups is 2. The molecule has 1 saturated heterocycles. The molecule has 1 aliphatic heterocycles. The molecule has 1 heterocycles. The van der Waals surface area contributed by atoms with E-state index in [9.17, 15) is 9.59 Å². The minimum Gasteiger partial charge on any atom is -0.342 e. The minimum atomic E-state index is -0.344. The number of piperazine rings is 1. The second kappa shape index (κ2) is 4.88. The number of carbonyl (C=O) groups excluding carboxylic acids is 2. The Morgan fingerprint density at radius 3 is 2.55 bits per heavy atom. The Morgan fingerprint density at radius 2 is 1.95 bits per heavy atom. The van der Waals surface area contributed by atoms with Gasteiger partial charge in [0, 0.05) is 4.47 Å². The molecule has 20 heavy (non-hydrogen) atoms. The van der Waals surface area contributed by atoms with Crippen LogP contribution >= 0.6 is 15.9 Å². The molecule has 2 fully saturated rings. The van der Waals surface area contributed by atoms with Crippen LogP contribution in [0.25, 0.3) is 0 Å². The maximum Gasteiger partial charge on any atom is 0.250 e. The monoisotopic (exact) mass is 336 g/mol. The maximum absolute atomic E-state index is 12.6. The fourth-order valence-corrected chi connectivity index (χ4v) is 3.75. The summed E-state index contributed by atoms with van der Waals surface area (Å²) >= 11 is 3.53. The van der Waals surface area contributed by atoms with Crippen molar-refractivity contribution < 1.29 is 9.59 Å². The van der Waals surface area contributed by atoms with Crippen molar-refractivity contribution in [3.63, 3.8) is 0 Å². The maximum atomic E-state index is 12.6. The molecule has 0 spiro atoms. The van der Waals surface area contributed by atoms with Crippen LogP contribution in [0, 0.1) is 19.8 Å². The van der Waals surface area contributed by atoms with E-state index in [1.54, 1.807) is 4.90 Å². The van der Waals surface area contributed by atoms with Crippen molar-refractivity contribution in [1.82, 2.24) is 5.32 Å². The number of amides is 2. The first-order valence-corrected chi connectivity index (χ1v) is 7.64. The molecule has 1 atom stereocenters. The van der Waals surface area contributed by atoms with Crippen LogP contribution in [0.1, 0.15) is 24.0 Å². The number of hydrogen-bond donors (Lipinski definition) is 1. The molecule has 3 rings (SSSR count). The van der Waals surface area contributed by atoms with Gasteiger partial charge in [0.15, 0.2) is 0 Å². The van der Waals surface area contributed by atoms with Crippen molar-refractivity contribution in [2.24, 2.45) is 5.92 Å². The predicted molar refractivity (Wildman–Crippen MR) is 80.6 cm³/mol. The number of aryl methyl sites for hydroxylation is 2. The summed E-state index contributed by atoms with van der Waals surface area (Å²) in [6.45, 7) is 4.09. The molecule has 1 aliphatic carbocycles. The minimum absolute atomic E-state index is 0.0137. The van der Waals surface area contributed by atoms with E-state index in [0.29, 0.717) is 5.92 Å². The molecule has 4 nitrogen and oxygen atoms in total. The quantitative estimate of drug-likeness (QED) is 0.900. The number of benzene rings is 1. The lowest BCUT2D eigenvalue weighted by molar-refractivity contribution is -0.131. The van der Waals surface area contributed by atoms with E-state index in [-0.39, 0.29) is 24.4 Å². The Morgan fingerprint density at radius 1 is 1.25 bits per heavy atom. The third kappa shape index (κ3) is 2.35. The Labute approximate surface area is 126 Å². The summed E-state index contributed by atoms with van der Waals surface area (Å²) in [5, 5.41) is 2.83. The normalized spacial score (nSPS) is 22.9. The molecule has 1 aromatic rings. The molecule has 1 N–H and O–H groups in total. The van der Waals surface area contributed by atoms with Gasteiger partial charge in [-0.1, -0.05) is 6.07 Å². The first-order chi connectivity index (χ1) is 9.47. The van der Waals surface area contributed by atoms with Gasteiger partial charge >= 0.3 is 0 Å². The van der Waals surface area contributed by atoms with Crippen LogP contribution in [-0.2, 0) is 9.59 Å². The van der Waals surface area contributed by atoms with Gasteiger partial charge in [0.1, 0.15) is 12.6 Å². The highest BCUT2D eigenvalue weighted by molar-refractivity contribution is 9.10. The Kier molecular flexibility index (Phi) is 3.32. The highest BCUT2D eigenvalue weighted by Gasteiger charge is 2.43. The highest BCUT2D eigenvalue weighted by atomic mass is 79.9. The molecule has 5 heteroatoms. The van der Waals surface area contributed by atoms with Gasteiger partial charge < -0.3 is 5.32 Å². The first-order valence-electron chi connectivity index (χ1n) is 6.85. The number of rotatable bonds is 2. The summed E-state index contributed by atoms with van der Waals surface area (Å²) < 4.78 is 0.868. The lowest BCUT2D eigenvalue weighted by Gasteiger charge is -2.34. The van der Waals surface area contributed by atoms with Gasteiger partial charge in [-0.3, -0.25) is 14.5 Å². The molecule has 2 amide bonds. The summed E-state index contributed by atoms with van der Waals surface area (Å²) in [6.07, 6.45) is 2.05. The zero-order chi connectivity index (χ0) is 14.4. The van der Waals surface area contributed by atoms with E-state index in [1.165, 1.54) is 0 Å². The molecular formula is C15H17BrN2O2. The van der Waals surface area contributed by atoms with Crippen molar-refractivity contribution >= 4 is 33.4 Å². The van der Waals surface area contributed by atoms with E-state index in [1.807, 2.05) is 26.0 Å². The first kappa shape index (κ1) is 13.6. The molecule has 0 aromatic heterocycles. The van der Waals surface area contributed by atoms with E-state index in [4.69, 9.17) is 0 Å². The van der Waals surface area contributed by atoms with Crippen molar-refractivity contribution in [1.29, 1.82) is 0 Å². The fraction of sp³-hybridized carbons (Fsp3) is 0.467. The number of nitrogens with one attached hydrogen (secondary N) is 1. The van der Waals surface area contributed by atoms with Crippen molar-refractivity contribution in [2.45, 2.75) is 32.7 Å². The average Bonchev–Trinajstić information content (AvgIpc) is 3.15. The molecule has 1 saturated carbocycles. The van der Waals surface area contributed by atoms with Crippen LogP contribution in [0.2, 0.25) is 0 Å². The predicted octanol–water partition coefficient (Wildman–Crippen LogP) is 2.31. The van der Waals surface area contributed by atoms with Gasteiger partial charge in [-0.25, -0.2) is 0 Å². The van der Waals surface area contributed by atoms with E-state index < -0.39 is 0 Å². The van der Waals surface area contributed by atoms with Gasteiger partial charge in [0.2, 0.25) is 11.8 Å². The number of anilines is 1. The van der Waals surface area contributed by atoms with E-state index in [2.05, 4.69) is 21.2 Å². The van der Waals surface area contributed by atoms with Crippen molar-refractivity contribution in [3.8, 4) is 0 Å². The third-order valence-electron chi connectivity index (χ3n) is 3.91. The van der Waals surface area contributed by atoms with Gasteiger partial charge in [-0.05, 0) is 65.7 Å².